The van der Waals surface area contributed by atoms with Crippen LogP contribution in [0.4, 0.5) is 0 Å². The number of carbonyl (C=O) groups excluding carboxylic acids is 1. The molecule has 0 aromatic carbocycles. The molecule has 0 spiro atoms. The van der Waals surface area contributed by atoms with Crippen LogP contribution in [-0.2, 0) is 4.79 Å². The predicted molar refractivity (Wildman–Crippen MR) is 67.5 cm³/mol. The maximum Gasteiger partial charge on any atom is 0.223 e. The third kappa shape index (κ3) is 2.84. The van der Waals surface area contributed by atoms with Crippen molar-refractivity contribution in [2.75, 3.05) is 4.43 Å². The van der Waals surface area contributed by atoms with Gasteiger partial charge in [-0.2, -0.15) is 0 Å². The van der Waals surface area contributed by atoms with Gasteiger partial charge in [-0.05, 0) is 17.8 Å². The van der Waals surface area contributed by atoms with E-state index in [0.29, 0.717) is 12.0 Å². The minimum Gasteiger partial charge on any atom is -0.352 e. The number of hydrogen-bond donors (Lipinski definition) is 1. The van der Waals surface area contributed by atoms with Gasteiger partial charge in [-0.15, -0.1) is 0 Å². The highest BCUT2D eigenvalue weighted by Crippen LogP contribution is 2.51. The van der Waals surface area contributed by atoms with Crippen LogP contribution >= 0.6 is 22.6 Å². The van der Waals surface area contributed by atoms with Crippen LogP contribution in [-0.4, -0.2) is 16.4 Å². The first-order chi connectivity index (χ1) is 6.38. The van der Waals surface area contributed by atoms with Crippen molar-refractivity contribution in [3.63, 3.8) is 0 Å². The van der Waals surface area contributed by atoms with Crippen LogP contribution < -0.4 is 5.32 Å². The number of carbonyl (C=O) groups is 1. The molecule has 2 atom stereocenters. The van der Waals surface area contributed by atoms with Gasteiger partial charge in [-0.1, -0.05) is 50.3 Å². The molecule has 1 aliphatic carbocycles. The van der Waals surface area contributed by atoms with E-state index in [2.05, 4.69) is 55.6 Å². The Labute approximate surface area is 100 Å². The Balaban J connectivity index is 2.41. The second-order valence-corrected chi connectivity index (χ2v) is 6.14. The van der Waals surface area contributed by atoms with Crippen molar-refractivity contribution in [2.45, 2.75) is 40.2 Å². The zero-order chi connectivity index (χ0) is 10.9. The SMILES string of the molecule is CC(C)C(CI)NC(=O)C1CC1(C)C. The molecule has 82 valence electrons. The lowest BCUT2D eigenvalue weighted by molar-refractivity contribution is -0.123. The second-order valence-electron chi connectivity index (χ2n) is 5.26. The second kappa shape index (κ2) is 4.37. The highest BCUT2D eigenvalue weighted by atomic mass is 127. The maximum absolute atomic E-state index is 11.8. The highest BCUT2D eigenvalue weighted by molar-refractivity contribution is 14.1. The summed E-state index contributed by atoms with van der Waals surface area (Å²) in [6, 6.07) is 0.333. The van der Waals surface area contributed by atoms with E-state index in [1.807, 2.05) is 0 Å². The lowest BCUT2D eigenvalue weighted by Gasteiger charge is -2.20. The molecule has 0 aromatic rings. The lowest BCUT2D eigenvalue weighted by Crippen LogP contribution is -2.41. The molecule has 0 aromatic heterocycles. The summed E-state index contributed by atoms with van der Waals surface area (Å²) in [6.07, 6.45) is 1.05. The van der Waals surface area contributed by atoms with Crippen molar-refractivity contribution in [3.05, 3.63) is 0 Å². The molecule has 1 aliphatic rings. The average molecular weight is 309 g/mol. The molecule has 0 bridgehead atoms. The summed E-state index contributed by atoms with van der Waals surface area (Å²) >= 11 is 2.34. The molecule has 0 heterocycles. The quantitative estimate of drug-likeness (QED) is 0.628. The average Bonchev–Trinajstić information content (AvgIpc) is 2.70. The van der Waals surface area contributed by atoms with Crippen molar-refractivity contribution in [1.29, 1.82) is 0 Å². The number of rotatable bonds is 4. The van der Waals surface area contributed by atoms with Crippen LogP contribution in [0.3, 0.4) is 0 Å². The number of hydrogen-bond acceptors (Lipinski definition) is 1. The standard InChI is InChI=1S/C11H20INO/c1-7(2)9(6-12)13-10(14)8-5-11(8,3)4/h7-9H,5-6H2,1-4H3,(H,13,14). The van der Waals surface area contributed by atoms with Crippen molar-refractivity contribution in [1.82, 2.24) is 5.32 Å². The van der Waals surface area contributed by atoms with Gasteiger partial charge in [0.25, 0.3) is 0 Å². The van der Waals surface area contributed by atoms with E-state index in [-0.39, 0.29) is 17.2 Å². The molecular formula is C11H20INO. The monoisotopic (exact) mass is 309 g/mol. The van der Waals surface area contributed by atoms with Gasteiger partial charge in [-0.25, -0.2) is 0 Å². The number of nitrogens with one attached hydrogen (secondary N) is 1. The maximum atomic E-state index is 11.8. The van der Waals surface area contributed by atoms with Crippen LogP contribution in [0.5, 0.6) is 0 Å². The van der Waals surface area contributed by atoms with E-state index >= 15 is 0 Å². The minimum absolute atomic E-state index is 0.247. The molecule has 0 aliphatic heterocycles. The fraction of sp³-hybridized carbons (Fsp3) is 0.909. The summed E-state index contributed by atoms with van der Waals surface area (Å²) < 4.78 is 0.994. The Morgan fingerprint density at radius 2 is 2.07 bits per heavy atom. The van der Waals surface area contributed by atoms with E-state index in [0.717, 1.165) is 10.8 Å². The molecule has 3 heteroatoms. The molecule has 0 radical (unpaired) electrons. The summed E-state index contributed by atoms with van der Waals surface area (Å²) in [5.41, 5.74) is 0.247. The molecule has 1 fully saturated rings. The van der Waals surface area contributed by atoms with Crippen molar-refractivity contribution in [2.24, 2.45) is 17.3 Å². The van der Waals surface area contributed by atoms with Gasteiger partial charge in [-0.3, -0.25) is 4.79 Å². The van der Waals surface area contributed by atoms with Crippen molar-refractivity contribution >= 4 is 28.5 Å². The van der Waals surface area contributed by atoms with Crippen LogP contribution in [0, 0.1) is 17.3 Å². The molecule has 0 saturated heterocycles. The number of alkyl halides is 1. The van der Waals surface area contributed by atoms with E-state index in [9.17, 15) is 4.79 Å². The summed E-state index contributed by atoms with van der Waals surface area (Å²) in [7, 11) is 0. The van der Waals surface area contributed by atoms with Gasteiger partial charge < -0.3 is 5.32 Å². The van der Waals surface area contributed by atoms with Crippen LogP contribution in [0.15, 0.2) is 0 Å². The van der Waals surface area contributed by atoms with Crippen molar-refractivity contribution < 1.29 is 4.79 Å². The summed E-state index contributed by atoms with van der Waals surface area (Å²) in [6.45, 7) is 8.63. The third-order valence-electron chi connectivity index (χ3n) is 3.13. The first-order valence-corrected chi connectivity index (χ1v) is 6.77. The zero-order valence-corrected chi connectivity index (χ0v) is 11.6. The van der Waals surface area contributed by atoms with Gasteiger partial charge in [0.1, 0.15) is 0 Å². The van der Waals surface area contributed by atoms with Crippen LogP contribution in [0.25, 0.3) is 0 Å². The van der Waals surface area contributed by atoms with Crippen molar-refractivity contribution in [3.8, 4) is 0 Å². The van der Waals surface area contributed by atoms with Gasteiger partial charge in [0.05, 0.1) is 0 Å². The number of amides is 1. The molecule has 2 unspecified atom stereocenters. The van der Waals surface area contributed by atoms with Crippen LogP contribution in [0.2, 0.25) is 0 Å². The first kappa shape index (κ1) is 12.3. The third-order valence-corrected chi connectivity index (χ3v) is 4.08. The molecule has 1 saturated carbocycles. The Hall–Kier alpha value is 0.200. The van der Waals surface area contributed by atoms with E-state index in [4.69, 9.17) is 0 Å². The molecule has 1 amide bonds. The topological polar surface area (TPSA) is 29.1 Å². The fourth-order valence-electron chi connectivity index (χ4n) is 1.58. The van der Waals surface area contributed by atoms with Gasteiger partial charge in [0.2, 0.25) is 5.91 Å². The Morgan fingerprint density at radius 3 is 2.36 bits per heavy atom. The summed E-state index contributed by atoms with van der Waals surface area (Å²) in [5.74, 6) is 1.04. The Bertz CT molecular complexity index is 225. The van der Waals surface area contributed by atoms with E-state index in [1.54, 1.807) is 0 Å². The van der Waals surface area contributed by atoms with Crippen LogP contribution in [0.1, 0.15) is 34.1 Å². The molecule has 1 N–H and O–H groups in total. The molecule has 2 nitrogen and oxygen atoms in total. The largest absolute Gasteiger partial charge is 0.352 e. The normalized spacial score (nSPS) is 26.0. The number of halogens is 1. The smallest absolute Gasteiger partial charge is 0.223 e. The van der Waals surface area contributed by atoms with Gasteiger partial charge >= 0.3 is 0 Å². The fourth-order valence-corrected chi connectivity index (χ4v) is 2.82. The predicted octanol–water partition coefficient (Wildman–Crippen LogP) is 2.61. The Morgan fingerprint density at radius 1 is 1.57 bits per heavy atom. The van der Waals surface area contributed by atoms with E-state index in [1.165, 1.54) is 0 Å². The molecule has 14 heavy (non-hydrogen) atoms. The van der Waals surface area contributed by atoms with E-state index < -0.39 is 0 Å². The first-order valence-electron chi connectivity index (χ1n) is 5.25. The zero-order valence-electron chi connectivity index (χ0n) is 9.43. The lowest BCUT2D eigenvalue weighted by atomic mass is 10.1. The van der Waals surface area contributed by atoms with Gasteiger partial charge in [0, 0.05) is 16.4 Å². The molecule has 1 rings (SSSR count). The summed E-state index contributed by atoms with van der Waals surface area (Å²) in [4.78, 5) is 11.8. The molecular weight excluding hydrogens is 289 g/mol. The summed E-state index contributed by atoms with van der Waals surface area (Å²) in [5, 5.41) is 3.14. The minimum atomic E-state index is 0.247. The van der Waals surface area contributed by atoms with Gasteiger partial charge in [0.15, 0.2) is 0 Å². The Kier molecular flexibility index (Phi) is 3.83. The highest BCUT2D eigenvalue weighted by Gasteiger charge is 2.50.